The fourth-order valence-electron chi connectivity index (χ4n) is 1.85. The number of rotatable bonds is 4. The van der Waals surface area contributed by atoms with E-state index >= 15 is 0 Å². The first-order valence-electron chi connectivity index (χ1n) is 5.35. The fourth-order valence-corrected chi connectivity index (χ4v) is 1.85. The van der Waals surface area contributed by atoms with Crippen LogP contribution in [0.3, 0.4) is 0 Å². The van der Waals surface area contributed by atoms with Crippen LogP contribution in [0, 0.1) is 11.8 Å². The molecule has 2 rings (SSSR count). The lowest BCUT2D eigenvalue weighted by Crippen LogP contribution is -2.24. The Balaban J connectivity index is 2.15. The molecule has 86 valence electrons. The van der Waals surface area contributed by atoms with Crippen LogP contribution in [0.2, 0.25) is 0 Å². The van der Waals surface area contributed by atoms with Crippen molar-refractivity contribution >= 4 is 11.8 Å². The van der Waals surface area contributed by atoms with Gasteiger partial charge in [-0.3, -0.25) is 0 Å². The summed E-state index contributed by atoms with van der Waals surface area (Å²) in [5, 5.41) is 8.99. The van der Waals surface area contributed by atoms with Crippen LogP contribution in [0.1, 0.15) is 23.8 Å². The van der Waals surface area contributed by atoms with Crippen molar-refractivity contribution in [3.63, 3.8) is 0 Å². The molecule has 2 unspecified atom stereocenters. The van der Waals surface area contributed by atoms with E-state index in [2.05, 4.69) is 16.9 Å². The van der Waals surface area contributed by atoms with Gasteiger partial charge in [0.1, 0.15) is 0 Å². The minimum atomic E-state index is -1.03. The predicted molar refractivity (Wildman–Crippen MR) is 59.5 cm³/mol. The molecule has 1 heterocycles. The van der Waals surface area contributed by atoms with Gasteiger partial charge in [0.05, 0.1) is 0 Å². The highest BCUT2D eigenvalue weighted by Crippen LogP contribution is 2.38. The quantitative estimate of drug-likeness (QED) is 0.829. The average molecular weight is 221 g/mol. The Morgan fingerprint density at radius 3 is 2.75 bits per heavy atom. The van der Waals surface area contributed by atoms with Gasteiger partial charge in [0.15, 0.2) is 11.5 Å². The van der Waals surface area contributed by atoms with Gasteiger partial charge < -0.3 is 10.0 Å². The fraction of sp³-hybridized carbons (Fsp3) is 0.545. The predicted octanol–water partition coefficient (Wildman–Crippen LogP) is 1.27. The summed E-state index contributed by atoms with van der Waals surface area (Å²) in [5.74, 6) is 0.828. The molecular formula is C11H15N3O2. The van der Waals surface area contributed by atoms with Gasteiger partial charge in [-0.05, 0) is 18.3 Å². The van der Waals surface area contributed by atoms with E-state index in [1.807, 2.05) is 11.9 Å². The second kappa shape index (κ2) is 4.08. The summed E-state index contributed by atoms with van der Waals surface area (Å²) in [7, 11) is 1.86. The van der Waals surface area contributed by atoms with E-state index in [1.54, 1.807) is 0 Å². The minimum absolute atomic E-state index is 0.0262. The number of nitrogens with zero attached hydrogens (tertiary/aromatic N) is 3. The third kappa shape index (κ3) is 2.13. The Bertz CT molecular complexity index is 408. The molecule has 1 aliphatic rings. The van der Waals surface area contributed by atoms with Gasteiger partial charge in [-0.2, -0.15) is 0 Å². The summed E-state index contributed by atoms with van der Waals surface area (Å²) in [6.45, 7) is 3.05. The van der Waals surface area contributed by atoms with Crippen molar-refractivity contribution in [1.82, 2.24) is 9.97 Å². The minimum Gasteiger partial charge on any atom is -0.476 e. The molecule has 0 spiro atoms. The summed E-state index contributed by atoms with van der Waals surface area (Å²) in [5.41, 5.74) is 0.0262. The number of carboxylic acids is 1. The Morgan fingerprint density at radius 1 is 1.56 bits per heavy atom. The maximum atomic E-state index is 11.0. The van der Waals surface area contributed by atoms with Crippen LogP contribution in [0.15, 0.2) is 12.4 Å². The number of aromatic nitrogens is 2. The van der Waals surface area contributed by atoms with Crippen LogP contribution >= 0.6 is 0 Å². The molecule has 0 radical (unpaired) electrons. The highest BCUT2D eigenvalue weighted by atomic mass is 16.4. The van der Waals surface area contributed by atoms with Crippen LogP contribution < -0.4 is 4.90 Å². The van der Waals surface area contributed by atoms with E-state index in [9.17, 15) is 4.79 Å². The molecule has 0 saturated heterocycles. The van der Waals surface area contributed by atoms with Gasteiger partial charge >= 0.3 is 5.97 Å². The molecule has 0 bridgehead atoms. The maximum Gasteiger partial charge on any atom is 0.358 e. The van der Waals surface area contributed by atoms with E-state index in [1.165, 1.54) is 18.8 Å². The van der Waals surface area contributed by atoms with Crippen molar-refractivity contribution < 1.29 is 9.90 Å². The zero-order chi connectivity index (χ0) is 11.7. The second-order valence-electron chi connectivity index (χ2n) is 4.39. The van der Waals surface area contributed by atoms with Crippen molar-refractivity contribution in [3.8, 4) is 0 Å². The Kier molecular flexibility index (Phi) is 2.77. The first-order chi connectivity index (χ1) is 7.59. The van der Waals surface area contributed by atoms with Gasteiger partial charge in [0.25, 0.3) is 0 Å². The Morgan fingerprint density at radius 2 is 2.19 bits per heavy atom. The SMILES string of the molecule is CC1CC1CN(C)c1nccnc1C(=O)O. The number of hydrogen-bond donors (Lipinski definition) is 1. The number of carboxylic acid groups (broad SMARTS) is 1. The van der Waals surface area contributed by atoms with Crippen molar-refractivity contribution in [1.29, 1.82) is 0 Å². The molecule has 0 aliphatic heterocycles. The van der Waals surface area contributed by atoms with E-state index < -0.39 is 5.97 Å². The largest absolute Gasteiger partial charge is 0.476 e. The maximum absolute atomic E-state index is 11.0. The van der Waals surface area contributed by atoms with Crippen LogP contribution in [0.4, 0.5) is 5.82 Å². The summed E-state index contributed by atoms with van der Waals surface area (Å²) in [4.78, 5) is 20.8. The lowest BCUT2D eigenvalue weighted by molar-refractivity contribution is 0.0690. The third-order valence-electron chi connectivity index (χ3n) is 3.03. The molecule has 0 amide bonds. The third-order valence-corrected chi connectivity index (χ3v) is 3.03. The van der Waals surface area contributed by atoms with Crippen LogP contribution in [-0.2, 0) is 0 Å². The topological polar surface area (TPSA) is 66.3 Å². The molecule has 1 aromatic rings. The summed E-state index contributed by atoms with van der Waals surface area (Å²) in [6, 6.07) is 0. The lowest BCUT2D eigenvalue weighted by atomic mass is 10.3. The lowest BCUT2D eigenvalue weighted by Gasteiger charge is -2.18. The van der Waals surface area contributed by atoms with Gasteiger partial charge in [0, 0.05) is 26.0 Å². The van der Waals surface area contributed by atoms with Crippen molar-refractivity contribution in [2.45, 2.75) is 13.3 Å². The summed E-state index contributed by atoms with van der Waals surface area (Å²) >= 11 is 0. The van der Waals surface area contributed by atoms with E-state index in [0.29, 0.717) is 11.7 Å². The zero-order valence-electron chi connectivity index (χ0n) is 9.42. The van der Waals surface area contributed by atoms with Crippen molar-refractivity contribution in [2.75, 3.05) is 18.5 Å². The molecule has 1 fully saturated rings. The zero-order valence-corrected chi connectivity index (χ0v) is 9.42. The molecule has 1 aromatic heterocycles. The standard InChI is InChI=1S/C11H15N3O2/c1-7-5-8(7)6-14(2)10-9(11(15)16)12-3-4-13-10/h3-4,7-8H,5-6H2,1-2H3,(H,15,16). The molecule has 1 aliphatic carbocycles. The van der Waals surface area contributed by atoms with Gasteiger partial charge in [-0.25, -0.2) is 14.8 Å². The van der Waals surface area contributed by atoms with Gasteiger partial charge in [-0.1, -0.05) is 6.92 Å². The molecule has 5 nitrogen and oxygen atoms in total. The molecule has 1 N–H and O–H groups in total. The molecule has 16 heavy (non-hydrogen) atoms. The average Bonchev–Trinajstić information content (AvgIpc) is 2.94. The summed E-state index contributed by atoms with van der Waals surface area (Å²) < 4.78 is 0. The molecule has 1 saturated carbocycles. The summed E-state index contributed by atoms with van der Waals surface area (Å²) in [6.07, 6.45) is 4.14. The Hall–Kier alpha value is -1.65. The van der Waals surface area contributed by atoms with Crippen LogP contribution in [0.25, 0.3) is 0 Å². The van der Waals surface area contributed by atoms with E-state index in [4.69, 9.17) is 5.11 Å². The molecular weight excluding hydrogens is 206 g/mol. The van der Waals surface area contributed by atoms with Crippen LogP contribution in [0.5, 0.6) is 0 Å². The number of anilines is 1. The monoisotopic (exact) mass is 221 g/mol. The van der Waals surface area contributed by atoms with Crippen molar-refractivity contribution in [2.24, 2.45) is 11.8 Å². The number of carbonyl (C=O) groups is 1. The molecule has 5 heteroatoms. The second-order valence-corrected chi connectivity index (χ2v) is 4.39. The van der Waals surface area contributed by atoms with Gasteiger partial charge in [0.2, 0.25) is 0 Å². The number of hydrogen-bond acceptors (Lipinski definition) is 4. The van der Waals surface area contributed by atoms with Gasteiger partial charge in [-0.15, -0.1) is 0 Å². The smallest absolute Gasteiger partial charge is 0.358 e. The molecule has 2 atom stereocenters. The highest BCUT2D eigenvalue weighted by molar-refractivity contribution is 5.90. The van der Waals surface area contributed by atoms with E-state index in [-0.39, 0.29) is 5.69 Å². The molecule has 0 aromatic carbocycles. The highest BCUT2D eigenvalue weighted by Gasteiger charge is 2.34. The first kappa shape index (κ1) is 10.9. The number of aromatic carboxylic acids is 1. The normalized spacial score (nSPS) is 22.9. The van der Waals surface area contributed by atoms with E-state index in [0.717, 1.165) is 12.5 Å². The first-order valence-corrected chi connectivity index (χ1v) is 5.35. The Labute approximate surface area is 94.1 Å². The van der Waals surface area contributed by atoms with Crippen LogP contribution in [-0.4, -0.2) is 34.6 Å². The van der Waals surface area contributed by atoms with Crippen molar-refractivity contribution in [3.05, 3.63) is 18.1 Å².